The Kier molecular flexibility index (Phi) is 5.64. The van der Waals surface area contributed by atoms with Crippen LogP contribution in [0.1, 0.15) is 43.7 Å². The van der Waals surface area contributed by atoms with E-state index < -0.39 is 11.9 Å². The third kappa shape index (κ3) is 3.28. The highest BCUT2D eigenvalue weighted by Crippen LogP contribution is 2.41. The number of nitrogens with zero attached hydrogens (tertiary/aromatic N) is 1. The van der Waals surface area contributed by atoms with Crippen LogP contribution in [0.5, 0.6) is 0 Å². The van der Waals surface area contributed by atoms with E-state index in [-0.39, 0.29) is 18.1 Å². The summed E-state index contributed by atoms with van der Waals surface area (Å²) in [6, 6.07) is 9.75. The molecule has 2 N–H and O–H groups in total. The van der Waals surface area contributed by atoms with Gasteiger partial charge in [-0.2, -0.15) is 5.26 Å². The third-order valence-electron chi connectivity index (χ3n) is 3.97. The van der Waals surface area contributed by atoms with E-state index in [0.717, 1.165) is 17.5 Å². The summed E-state index contributed by atoms with van der Waals surface area (Å²) in [6.45, 7) is 5.93. The first-order chi connectivity index (χ1) is 11.5. The zero-order valence-electron chi connectivity index (χ0n) is 14.3. The van der Waals surface area contributed by atoms with Gasteiger partial charge in [0.1, 0.15) is 17.4 Å². The molecule has 0 bridgehead atoms. The number of aryl methyl sites for hydroxylation is 1. The number of carbonyl (C=O) groups is 1. The molecule has 0 radical (unpaired) electrons. The minimum absolute atomic E-state index is 0.0576. The highest BCUT2D eigenvalue weighted by Gasteiger charge is 2.37. The van der Waals surface area contributed by atoms with Crippen LogP contribution in [0.25, 0.3) is 0 Å². The van der Waals surface area contributed by atoms with Crippen molar-refractivity contribution < 1.29 is 14.3 Å². The lowest BCUT2D eigenvalue weighted by Gasteiger charge is -2.29. The molecule has 1 aromatic carbocycles. The average Bonchev–Trinajstić information content (AvgIpc) is 2.55. The summed E-state index contributed by atoms with van der Waals surface area (Å²) in [5, 5.41) is 9.59. The average molecular weight is 326 g/mol. The molecule has 0 unspecified atom stereocenters. The third-order valence-corrected chi connectivity index (χ3v) is 3.97. The molecule has 1 aromatic rings. The van der Waals surface area contributed by atoms with Crippen LogP contribution in [-0.2, 0) is 14.3 Å². The quantitative estimate of drug-likeness (QED) is 0.838. The van der Waals surface area contributed by atoms with Crippen LogP contribution in [0, 0.1) is 18.3 Å². The molecule has 2 rings (SSSR count). The number of hydrogen-bond donors (Lipinski definition) is 1. The zero-order valence-corrected chi connectivity index (χ0v) is 14.3. The van der Waals surface area contributed by atoms with Crippen LogP contribution in [0.2, 0.25) is 0 Å². The van der Waals surface area contributed by atoms with Crippen molar-refractivity contribution in [1.82, 2.24) is 0 Å². The van der Waals surface area contributed by atoms with E-state index in [1.807, 2.05) is 38.1 Å². The molecule has 1 aliphatic heterocycles. The summed E-state index contributed by atoms with van der Waals surface area (Å²) in [5.41, 5.74) is 8.42. The van der Waals surface area contributed by atoms with Gasteiger partial charge in [-0.25, -0.2) is 4.79 Å². The number of carbonyl (C=O) groups excluding carboxylic acids is 1. The Morgan fingerprint density at radius 2 is 2.08 bits per heavy atom. The molecule has 24 heavy (non-hydrogen) atoms. The molecule has 1 atom stereocenters. The minimum Gasteiger partial charge on any atom is -0.463 e. The van der Waals surface area contributed by atoms with E-state index in [2.05, 4.69) is 6.07 Å². The van der Waals surface area contributed by atoms with Crippen LogP contribution < -0.4 is 5.73 Å². The maximum atomic E-state index is 12.6. The standard InChI is InChI=1S/C19H22N2O3/c1-4-8-15-17(19(22)23-5-2)16(14(11-20)18(21)24-15)13-10-7-6-9-12(13)3/h6-7,9-10,16H,4-5,8,21H2,1-3H3/t16-/m0/s1. The monoisotopic (exact) mass is 326 g/mol. The Morgan fingerprint density at radius 1 is 1.38 bits per heavy atom. The van der Waals surface area contributed by atoms with Crippen molar-refractivity contribution in [2.24, 2.45) is 5.73 Å². The molecule has 126 valence electrons. The van der Waals surface area contributed by atoms with Gasteiger partial charge in [0.2, 0.25) is 5.88 Å². The van der Waals surface area contributed by atoms with E-state index >= 15 is 0 Å². The van der Waals surface area contributed by atoms with Crippen molar-refractivity contribution in [3.05, 3.63) is 58.2 Å². The number of nitriles is 1. The summed E-state index contributed by atoms with van der Waals surface area (Å²) in [4.78, 5) is 12.6. The fourth-order valence-electron chi connectivity index (χ4n) is 2.88. The van der Waals surface area contributed by atoms with Crippen LogP contribution in [-0.4, -0.2) is 12.6 Å². The predicted molar refractivity (Wildman–Crippen MR) is 90.4 cm³/mol. The van der Waals surface area contributed by atoms with Gasteiger partial charge in [-0.3, -0.25) is 0 Å². The summed E-state index contributed by atoms with van der Waals surface area (Å²) in [5.74, 6) is -0.483. The number of allylic oxidation sites excluding steroid dienone is 2. The molecular formula is C19H22N2O3. The van der Waals surface area contributed by atoms with Crippen LogP contribution in [0.4, 0.5) is 0 Å². The molecule has 1 heterocycles. The highest BCUT2D eigenvalue weighted by atomic mass is 16.5. The Labute approximate surface area is 142 Å². The van der Waals surface area contributed by atoms with Gasteiger partial charge in [-0.1, -0.05) is 31.2 Å². The summed E-state index contributed by atoms with van der Waals surface area (Å²) in [6.07, 6.45) is 1.34. The van der Waals surface area contributed by atoms with E-state index in [9.17, 15) is 10.1 Å². The fraction of sp³-hybridized carbons (Fsp3) is 0.368. The lowest BCUT2D eigenvalue weighted by atomic mass is 9.80. The van der Waals surface area contributed by atoms with Gasteiger partial charge in [0.15, 0.2) is 0 Å². The van der Waals surface area contributed by atoms with Gasteiger partial charge in [0, 0.05) is 6.42 Å². The van der Waals surface area contributed by atoms with Crippen molar-refractivity contribution in [1.29, 1.82) is 5.26 Å². The molecular weight excluding hydrogens is 304 g/mol. The number of ether oxygens (including phenoxy) is 2. The van der Waals surface area contributed by atoms with Gasteiger partial charge < -0.3 is 15.2 Å². The minimum atomic E-state index is -0.564. The second-order valence-electron chi connectivity index (χ2n) is 5.59. The Morgan fingerprint density at radius 3 is 2.67 bits per heavy atom. The molecule has 5 nitrogen and oxygen atoms in total. The maximum Gasteiger partial charge on any atom is 0.338 e. The lowest BCUT2D eigenvalue weighted by Crippen LogP contribution is -2.26. The molecule has 0 saturated heterocycles. The van der Waals surface area contributed by atoms with Gasteiger partial charge in [0.25, 0.3) is 0 Å². The first-order valence-corrected chi connectivity index (χ1v) is 8.08. The van der Waals surface area contributed by atoms with Crippen molar-refractivity contribution in [3.8, 4) is 6.07 Å². The fourth-order valence-corrected chi connectivity index (χ4v) is 2.88. The molecule has 5 heteroatoms. The van der Waals surface area contributed by atoms with Crippen molar-refractivity contribution >= 4 is 5.97 Å². The largest absolute Gasteiger partial charge is 0.463 e. The van der Waals surface area contributed by atoms with Crippen molar-refractivity contribution in [3.63, 3.8) is 0 Å². The number of esters is 1. The van der Waals surface area contributed by atoms with Crippen molar-refractivity contribution in [2.45, 2.75) is 39.5 Å². The van der Waals surface area contributed by atoms with Gasteiger partial charge in [-0.15, -0.1) is 0 Å². The second kappa shape index (κ2) is 7.69. The summed E-state index contributed by atoms with van der Waals surface area (Å²) < 4.78 is 10.8. The molecule has 0 amide bonds. The molecule has 1 aliphatic rings. The van der Waals surface area contributed by atoms with Crippen molar-refractivity contribution in [2.75, 3.05) is 6.61 Å². The summed E-state index contributed by atoms with van der Waals surface area (Å²) >= 11 is 0. The van der Waals surface area contributed by atoms with Gasteiger partial charge >= 0.3 is 5.97 Å². The smallest absolute Gasteiger partial charge is 0.338 e. The predicted octanol–water partition coefficient (Wildman–Crippen LogP) is 3.42. The van der Waals surface area contributed by atoms with Gasteiger partial charge in [-0.05, 0) is 31.4 Å². The van der Waals surface area contributed by atoms with E-state index in [4.69, 9.17) is 15.2 Å². The molecule has 0 saturated carbocycles. The number of benzene rings is 1. The number of hydrogen-bond acceptors (Lipinski definition) is 5. The highest BCUT2D eigenvalue weighted by molar-refractivity contribution is 5.92. The Hall–Kier alpha value is -2.74. The molecule has 0 fully saturated rings. The maximum absolute atomic E-state index is 12.6. The Bertz CT molecular complexity index is 741. The SMILES string of the molecule is CCCC1=C(C(=O)OCC)[C@@H](c2ccccc2C)C(C#N)=C(N)O1. The van der Waals surface area contributed by atoms with E-state index in [1.165, 1.54) is 0 Å². The number of nitrogens with two attached hydrogens (primary N) is 1. The lowest BCUT2D eigenvalue weighted by molar-refractivity contribution is -0.139. The Balaban J connectivity index is 2.69. The second-order valence-corrected chi connectivity index (χ2v) is 5.59. The molecule has 0 aliphatic carbocycles. The van der Waals surface area contributed by atoms with Crippen LogP contribution >= 0.6 is 0 Å². The molecule has 0 aromatic heterocycles. The van der Waals surface area contributed by atoms with E-state index in [1.54, 1.807) is 6.92 Å². The van der Waals surface area contributed by atoms with Crippen LogP contribution in [0.15, 0.2) is 47.1 Å². The van der Waals surface area contributed by atoms with Crippen LogP contribution in [0.3, 0.4) is 0 Å². The zero-order chi connectivity index (χ0) is 17.7. The number of rotatable bonds is 5. The normalized spacial score (nSPS) is 17.3. The molecule has 0 spiro atoms. The topological polar surface area (TPSA) is 85.3 Å². The first kappa shape index (κ1) is 17.6. The summed E-state index contributed by atoms with van der Waals surface area (Å²) in [7, 11) is 0. The van der Waals surface area contributed by atoms with E-state index in [0.29, 0.717) is 17.8 Å². The first-order valence-electron chi connectivity index (χ1n) is 8.08. The van der Waals surface area contributed by atoms with Gasteiger partial charge in [0.05, 0.1) is 18.1 Å².